The van der Waals surface area contributed by atoms with Crippen molar-refractivity contribution in [2.45, 2.75) is 32.4 Å². The molecule has 1 heterocycles. The van der Waals surface area contributed by atoms with Gasteiger partial charge in [0.2, 0.25) is 0 Å². The van der Waals surface area contributed by atoms with E-state index in [9.17, 15) is 13.2 Å². The Morgan fingerprint density at radius 3 is 2.45 bits per heavy atom. The smallest absolute Gasteiger partial charge is 0.371 e. The van der Waals surface area contributed by atoms with E-state index in [2.05, 4.69) is 11.8 Å². The Bertz CT molecular complexity index is 509. The largest absolute Gasteiger partial charge is 0.417 e. The average Bonchev–Trinajstić information content (AvgIpc) is 2.45. The van der Waals surface area contributed by atoms with E-state index in [0.29, 0.717) is 11.6 Å². The van der Waals surface area contributed by atoms with Crippen molar-refractivity contribution in [1.29, 1.82) is 5.26 Å². The first kappa shape index (κ1) is 14.7. The van der Waals surface area contributed by atoms with Crippen LogP contribution in [0.15, 0.2) is 18.2 Å². The third-order valence-corrected chi connectivity index (χ3v) is 3.99. The van der Waals surface area contributed by atoms with Crippen LogP contribution in [0.2, 0.25) is 0 Å². The summed E-state index contributed by atoms with van der Waals surface area (Å²) in [5.74, 6) is 0.705. The molecule has 0 N–H and O–H groups in total. The van der Waals surface area contributed by atoms with Crippen LogP contribution >= 0.6 is 0 Å². The molecule has 1 aromatic rings. The molecule has 1 aliphatic heterocycles. The van der Waals surface area contributed by atoms with Crippen molar-refractivity contribution in [3.63, 3.8) is 0 Å². The van der Waals surface area contributed by atoms with Gasteiger partial charge in [-0.3, -0.25) is 0 Å². The molecule has 2 nitrogen and oxygen atoms in total. The zero-order valence-corrected chi connectivity index (χ0v) is 11.4. The summed E-state index contributed by atoms with van der Waals surface area (Å²) in [7, 11) is 0. The molecule has 0 aromatic heterocycles. The second-order valence-corrected chi connectivity index (χ2v) is 5.18. The number of rotatable bonds is 2. The predicted octanol–water partition coefficient (Wildman–Crippen LogP) is 4.20. The molecule has 5 heteroatoms. The van der Waals surface area contributed by atoms with Crippen LogP contribution in [0, 0.1) is 17.2 Å². The molecule has 0 aliphatic carbocycles. The monoisotopic (exact) mass is 282 g/mol. The van der Waals surface area contributed by atoms with E-state index in [1.807, 2.05) is 0 Å². The zero-order valence-electron chi connectivity index (χ0n) is 11.4. The van der Waals surface area contributed by atoms with Gasteiger partial charge in [-0.1, -0.05) is 13.3 Å². The summed E-state index contributed by atoms with van der Waals surface area (Å²) < 4.78 is 38.2. The molecule has 0 spiro atoms. The molecule has 1 saturated heterocycles. The van der Waals surface area contributed by atoms with Gasteiger partial charge in [0.1, 0.15) is 0 Å². The minimum atomic E-state index is -4.47. The van der Waals surface area contributed by atoms with E-state index in [4.69, 9.17) is 5.26 Å². The molecule has 20 heavy (non-hydrogen) atoms. The van der Waals surface area contributed by atoms with Gasteiger partial charge >= 0.3 is 6.18 Å². The highest BCUT2D eigenvalue weighted by molar-refractivity contribution is 5.55. The van der Waals surface area contributed by atoms with Gasteiger partial charge in [-0.15, -0.1) is 0 Å². The summed E-state index contributed by atoms with van der Waals surface area (Å²) in [6.07, 6.45) is -1.22. The molecular weight excluding hydrogens is 265 g/mol. The van der Waals surface area contributed by atoms with E-state index in [1.165, 1.54) is 12.1 Å². The van der Waals surface area contributed by atoms with Gasteiger partial charge in [-0.25, -0.2) is 0 Å². The molecule has 0 radical (unpaired) electrons. The highest BCUT2D eigenvalue weighted by Crippen LogP contribution is 2.34. The van der Waals surface area contributed by atoms with Crippen LogP contribution in [0.4, 0.5) is 18.9 Å². The van der Waals surface area contributed by atoms with Crippen LogP contribution in [0.3, 0.4) is 0 Å². The maximum Gasteiger partial charge on any atom is 0.417 e. The summed E-state index contributed by atoms with van der Waals surface area (Å²) in [5, 5.41) is 8.92. The van der Waals surface area contributed by atoms with Gasteiger partial charge in [0.05, 0.1) is 17.2 Å². The van der Waals surface area contributed by atoms with Crippen molar-refractivity contribution in [2.75, 3.05) is 18.0 Å². The summed E-state index contributed by atoms with van der Waals surface area (Å²) in [6, 6.07) is 5.49. The van der Waals surface area contributed by atoms with Crippen LogP contribution < -0.4 is 4.90 Å². The minimum Gasteiger partial charge on any atom is -0.371 e. The summed E-state index contributed by atoms with van der Waals surface area (Å²) in [6.45, 7) is 3.84. The standard InChI is InChI=1S/C15H17F3N2/c1-2-11-5-7-20(8-6-11)13-3-4-14(15(16,17)18)12(9-13)10-19/h3-4,9,11H,2,5-8H2,1H3. The normalized spacial score (nSPS) is 17.1. The minimum absolute atomic E-state index is 0.299. The highest BCUT2D eigenvalue weighted by Gasteiger charge is 2.34. The fraction of sp³-hybridized carbons (Fsp3) is 0.533. The van der Waals surface area contributed by atoms with Crippen molar-refractivity contribution in [3.05, 3.63) is 29.3 Å². The van der Waals surface area contributed by atoms with Crippen molar-refractivity contribution in [2.24, 2.45) is 5.92 Å². The SMILES string of the molecule is CCC1CCN(c2ccc(C(F)(F)F)c(C#N)c2)CC1. The number of halogens is 3. The van der Waals surface area contributed by atoms with Crippen molar-refractivity contribution >= 4 is 5.69 Å². The molecule has 108 valence electrons. The number of anilines is 1. The number of nitriles is 1. The van der Waals surface area contributed by atoms with Crippen LogP contribution in [-0.2, 0) is 6.18 Å². The number of hydrogen-bond donors (Lipinski definition) is 0. The Morgan fingerprint density at radius 2 is 1.95 bits per heavy atom. The van der Waals surface area contributed by atoms with E-state index < -0.39 is 11.7 Å². The van der Waals surface area contributed by atoms with Crippen LogP contribution in [-0.4, -0.2) is 13.1 Å². The molecule has 2 rings (SSSR count). The summed E-state index contributed by atoms with van der Waals surface area (Å²) >= 11 is 0. The molecular formula is C15H17F3N2. The first-order valence-corrected chi connectivity index (χ1v) is 6.82. The lowest BCUT2D eigenvalue weighted by atomic mass is 9.94. The Labute approximate surface area is 116 Å². The van der Waals surface area contributed by atoms with Crippen molar-refractivity contribution in [1.82, 2.24) is 0 Å². The van der Waals surface area contributed by atoms with Gasteiger partial charge in [-0.2, -0.15) is 18.4 Å². The van der Waals surface area contributed by atoms with Gasteiger partial charge in [0, 0.05) is 18.8 Å². The Kier molecular flexibility index (Phi) is 4.22. The molecule has 1 fully saturated rings. The zero-order chi connectivity index (χ0) is 14.8. The fourth-order valence-electron chi connectivity index (χ4n) is 2.67. The van der Waals surface area contributed by atoms with Crippen LogP contribution in [0.5, 0.6) is 0 Å². The van der Waals surface area contributed by atoms with E-state index in [-0.39, 0.29) is 5.56 Å². The van der Waals surface area contributed by atoms with Gasteiger partial charge in [0.15, 0.2) is 0 Å². The van der Waals surface area contributed by atoms with Gasteiger partial charge < -0.3 is 4.90 Å². The number of piperidine rings is 1. The maximum absolute atomic E-state index is 12.7. The molecule has 0 saturated carbocycles. The average molecular weight is 282 g/mol. The van der Waals surface area contributed by atoms with E-state index in [1.54, 1.807) is 6.07 Å². The van der Waals surface area contributed by atoms with E-state index >= 15 is 0 Å². The lowest BCUT2D eigenvalue weighted by molar-refractivity contribution is -0.137. The number of nitrogens with zero attached hydrogens (tertiary/aromatic N) is 2. The van der Waals surface area contributed by atoms with Crippen molar-refractivity contribution < 1.29 is 13.2 Å². The van der Waals surface area contributed by atoms with Crippen molar-refractivity contribution in [3.8, 4) is 6.07 Å². The Balaban J connectivity index is 2.21. The quantitative estimate of drug-likeness (QED) is 0.812. The Hall–Kier alpha value is -1.70. The Morgan fingerprint density at radius 1 is 1.30 bits per heavy atom. The van der Waals surface area contributed by atoms with Gasteiger partial charge in [-0.05, 0) is 37.0 Å². The molecule has 1 aromatic carbocycles. The fourth-order valence-corrected chi connectivity index (χ4v) is 2.67. The number of hydrogen-bond acceptors (Lipinski definition) is 2. The van der Waals surface area contributed by atoms with Gasteiger partial charge in [0.25, 0.3) is 0 Å². The summed E-state index contributed by atoms with van der Waals surface area (Å²) in [4.78, 5) is 2.06. The maximum atomic E-state index is 12.7. The molecule has 0 bridgehead atoms. The van der Waals surface area contributed by atoms with Crippen LogP contribution in [0.1, 0.15) is 37.3 Å². The lowest BCUT2D eigenvalue weighted by Gasteiger charge is -2.33. The second-order valence-electron chi connectivity index (χ2n) is 5.18. The highest BCUT2D eigenvalue weighted by atomic mass is 19.4. The lowest BCUT2D eigenvalue weighted by Crippen LogP contribution is -2.33. The topological polar surface area (TPSA) is 27.0 Å². The number of benzene rings is 1. The van der Waals surface area contributed by atoms with E-state index in [0.717, 1.165) is 38.4 Å². The summed E-state index contributed by atoms with van der Waals surface area (Å²) in [5.41, 5.74) is -0.441. The first-order chi connectivity index (χ1) is 9.45. The third-order valence-electron chi connectivity index (χ3n) is 3.99. The molecule has 0 unspecified atom stereocenters. The first-order valence-electron chi connectivity index (χ1n) is 6.82. The van der Waals surface area contributed by atoms with Crippen LogP contribution in [0.25, 0.3) is 0 Å². The number of alkyl halides is 3. The molecule has 1 aliphatic rings. The molecule has 0 atom stereocenters. The molecule has 0 amide bonds. The predicted molar refractivity (Wildman–Crippen MR) is 71.4 cm³/mol. The third kappa shape index (κ3) is 3.06. The second kappa shape index (κ2) is 5.74.